The van der Waals surface area contributed by atoms with Gasteiger partial charge in [-0.2, -0.15) is 0 Å². The first-order chi connectivity index (χ1) is 14.1. The molecule has 3 rings (SSSR count). The molecule has 0 aliphatic carbocycles. The lowest BCUT2D eigenvalue weighted by Crippen LogP contribution is -2.36. The molecule has 2 saturated heterocycles. The van der Waals surface area contributed by atoms with Crippen LogP contribution in [0.1, 0.15) is 61.7 Å². The summed E-state index contributed by atoms with van der Waals surface area (Å²) in [6, 6.07) is 4.46. The fourth-order valence-electron chi connectivity index (χ4n) is 4.09. The summed E-state index contributed by atoms with van der Waals surface area (Å²) in [6.45, 7) is 3.49. The van der Waals surface area contributed by atoms with Crippen LogP contribution in [0.3, 0.4) is 0 Å². The number of nitrogens with zero attached hydrogens (tertiary/aromatic N) is 3. The van der Waals surface area contributed by atoms with E-state index in [1.54, 1.807) is 6.07 Å². The topological polar surface area (TPSA) is 95.8 Å². The maximum Gasteiger partial charge on any atom is 0.270 e. The van der Waals surface area contributed by atoms with Crippen molar-refractivity contribution >= 4 is 23.2 Å². The van der Waals surface area contributed by atoms with Gasteiger partial charge >= 0.3 is 0 Å². The molecule has 0 aromatic heterocycles. The van der Waals surface area contributed by atoms with E-state index in [4.69, 9.17) is 0 Å². The largest absolute Gasteiger partial charge is 0.371 e. The molecule has 2 aliphatic rings. The molecule has 2 aliphatic heterocycles. The molecule has 2 heterocycles. The smallest absolute Gasteiger partial charge is 0.270 e. The third-order valence-corrected chi connectivity index (χ3v) is 5.72. The van der Waals surface area contributed by atoms with Crippen LogP contribution in [0.4, 0.5) is 11.4 Å². The number of carbonyl (C=O) groups is 2. The molecule has 0 saturated carbocycles. The zero-order valence-corrected chi connectivity index (χ0v) is 16.9. The number of hydrogen-bond acceptors (Lipinski definition) is 5. The second-order valence-electron chi connectivity index (χ2n) is 7.81. The first-order valence-corrected chi connectivity index (χ1v) is 10.7. The number of rotatable bonds is 6. The fourth-order valence-corrected chi connectivity index (χ4v) is 4.09. The molecule has 0 atom stereocenters. The van der Waals surface area contributed by atoms with Gasteiger partial charge < -0.3 is 15.1 Å². The number of benzene rings is 1. The molecule has 0 unspecified atom stereocenters. The first kappa shape index (κ1) is 21.1. The average Bonchev–Trinajstić information content (AvgIpc) is 3.03. The number of piperidine rings is 1. The highest BCUT2D eigenvalue weighted by Gasteiger charge is 2.22. The van der Waals surface area contributed by atoms with Crippen LogP contribution in [0.15, 0.2) is 18.2 Å². The molecule has 2 fully saturated rings. The number of nitro groups is 1. The maximum atomic E-state index is 12.8. The fraction of sp³-hybridized carbons (Fsp3) is 0.619. The molecule has 0 radical (unpaired) electrons. The number of amides is 2. The number of likely N-dealkylation sites (tertiary alicyclic amines) is 1. The first-order valence-electron chi connectivity index (χ1n) is 10.7. The van der Waals surface area contributed by atoms with E-state index < -0.39 is 4.92 Å². The van der Waals surface area contributed by atoms with Crippen molar-refractivity contribution in [3.8, 4) is 0 Å². The highest BCUT2D eigenvalue weighted by Crippen LogP contribution is 2.28. The summed E-state index contributed by atoms with van der Waals surface area (Å²) >= 11 is 0. The van der Waals surface area contributed by atoms with E-state index in [9.17, 15) is 19.7 Å². The average molecular weight is 402 g/mol. The number of nitrogens with one attached hydrogen (secondary N) is 1. The van der Waals surface area contributed by atoms with Crippen molar-refractivity contribution in [1.29, 1.82) is 0 Å². The zero-order valence-electron chi connectivity index (χ0n) is 16.9. The SMILES string of the molecule is O=C(NCCC(=O)N1CCCCCC1)c1cc([N+](=O)[O-])ccc1N1CCCCC1. The van der Waals surface area contributed by atoms with E-state index in [1.165, 1.54) is 12.1 Å². The Bertz CT molecular complexity index is 738. The Hall–Kier alpha value is -2.64. The van der Waals surface area contributed by atoms with Crippen molar-refractivity contribution in [3.63, 3.8) is 0 Å². The lowest BCUT2D eigenvalue weighted by Gasteiger charge is -2.30. The third kappa shape index (κ3) is 5.68. The second-order valence-corrected chi connectivity index (χ2v) is 7.81. The lowest BCUT2D eigenvalue weighted by molar-refractivity contribution is -0.384. The minimum atomic E-state index is -0.486. The van der Waals surface area contributed by atoms with E-state index in [1.807, 2.05) is 4.90 Å². The predicted octanol–water partition coefficient (Wildman–Crippen LogP) is 3.11. The Morgan fingerprint density at radius 2 is 1.59 bits per heavy atom. The summed E-state index contributed by atoms with van der Waals surface area (Å²) in [4.78, 5) is 39.9. The van der Waals surface area contributed by atoms with Gasteiger partial charge in [0.05, 0.1) is 16.2 Å². The Kier molecular flexibility index (Phi) is 7.43. The monoisotopic (exact) mass is 402 g/mol. The number of hydrogen-bond donors (Lipinski definition) is 1. The van der Waals surface area contributed by atoms with Crippen molar-refractivity contribution < 1.29 is 14.5 Å². The summed E-state index contributed by atoms with van der Waals surface area (Å²) in [5, 5.41) is 14.0. The molecule has 1 N–H and O–H groups in total. The van der Waals surface area contributed by atoms with Gasteiger partial charge in [0, 0.05) is 51.3 Å². The maximum absolute atomic E-state index is 12.8. The predicted molar refractivity (Wildman–Crippen MR) is 111 cm³/mol. The van der Waals surface area contributed by atoms with Crippen LogP contribution in [0.2, 0.25) is 0 Å². The summed E-state index contributed by atoms with van der Waals surface area (Å²) in [5.41, 5.74) is 0.937. The van der Waals surface area contributed by atoms with E-state index >= 15 is 0 Å². The van der Waals surface area contributed by atoms with Gasteiger partial charge in [0.15, 0.2) is 0 Å². The van der Waals surface area contributed by atoms with E-state index in [2.05, 4.69) is 10.2 Å². The van der Waals surface area contributed by atoms with Crippen LogP contribution >= 0.6 is 0 Å². The molecule has 158 valence electrons. The Labute approximate surface area is 171 Å². The molecule has 8 nitrogen and oxygen atoms in total. The number of non-ortho nitro benzene ring substituents is 1. The minimum absolute atomic E-state index is 0.0579. The molecule has 0 bridgehead atoms. The minimum Gasteiger partial charge on any atom is -0.371 e. The Morgan fingerprint density at radius 1 is 0.966 bits per heavy atom. The normalized spacial score (nSPS) is 17.5. The lowest BCUT2D eigenvalue weighted by atomic mass is 10.1. The number of anilines is 1. The summed E-state index contributed by atoms with van der Waals surface area (Å²) in [6.07, 6.45) is 7.88. The van der Waals surface area contributed by atoms with Gasteiger partial charge in [-0.15, -0.1) is 0 Å². The van der Waals surface area contributed by atoms with Crippen molar-refractivity contribution in [2.75, 3.05) is 37.6 Å². The van der Waals surface area contributed by atoms with Crippen LogP contribution in [0.5, 0.6) is 0 Å². The quantitative estimate of drug-likeness (QED) is 0.583. The van der Waals surface area contributed by atoms with Gasteiger partial charge in [0.2, 0.25) is 5.91 Å². The van der Waals surface area contributed by atoms with E-state index in [-0.39, 0.29) is 30.5 Å². The van der Waals surface area contributed by atoms with Crippen LogP contribution in [0, 0.1) is 10.1 Å². The van der Waals surface area contributed by atoms with Crippen molar-refractivity contribution in [2.45, 2.75) is 51.4 Å². The van der Waals surface area contributed by atoms with Gasteiger partial charge in [0.1, 0.15) is 0 Å². The molecular weight excluding hydrogens is 372 g/mol. The van der Waals surface area contributed by atoms with Crippen LogP contribution in [-0.2, 0) is 4.79 Å². The molecule has 0 spiro atoms. The molecule has 8 heteroatoms. The third-order valence-electron chi connectivity index (χ3n) is 5.72. The van der Waals surface area contributed by atoms with Crippen molar-refractivity contribution in [3.05, 3.63) is 33.9 Å². The van der Waals surface area contributed by atoms with Gasteiger partial charge in [-0.3, -0.25) is 19.7 Å². The standard InChI is InChI=1S/C21H30N4O4/c26-20(24-14-4-1-2-5-15-24)10-11-22-21(27)18-16-17(25(28)29)8-9-19(18)23-12-6-3-7-13-23/h8-9,16H,1-7,10-15H2,(H,22,27). The van der Waals surface area contributed by atoms with Crippen molar-refractivity contribution in [2.24, 2.45) is 0 Å². The number of carbonyl (C=O) groups excluding carboxylic acids is 2. The highest BCUT2D eigenvalue weighted by atomic mass is 16.6. The molecule has 29 heavy (non-hydrogen) atoms. The number of nitro benzene ring substituents is 1. The molecule has 1 aromatic carbocycles. The molecular formula is C21H30N4O4. The summed E-state index contributed by atoms with van der Waals surface area (Å²) < 4.78 is 0. The van der Waals surface area contributed by atoms with E-state index in [0.717, 1.165) is 76.8 Å². The van der Waals surface area contributed by atoms with E-state index in [0.29, 0.717) is 5.56 Å². The van der Waals surface area contributed by atoms with Crippen LogP contribution in [0.25, 0.3) is 0 Å². The summed E-state index contributed by atoms with van der Waals surface area (Å²) in [7, 11) is 0. The Morgan fingerprint density at radius 3 is 2.24 bits per heavy atom. The van der Waals surface area contributed by atoms with Crippen LogP contribution < -0.4 is 10.2 Å². The van der Waals surface area contributed by atoms with Crippen LogP contribution in [-0.4, -0.2) is 54.4 Å². The zero-order chi connectivity index (χ0) is 20.6. The van der Waals surface area contributed by atoms with Gasteiger partial charge in [-0.05, 0) is 38.2 Å². The Balaban J connectivity index is 1.64. The highest BCUT2D eigenvalue weighted by molar-refractivity contribution is 6.00. The van der Waals surface area contributed by atoms with Crippen molar-refractivity contribution in [1.82, 2.24) is 10.2 Å². The van der Waals surface area contributed by atoms with Gasteiger partial charge in [-0.1, -0.05) is 12.8 Å². The molecule has 1 aromatic rings. The molecule has 2 amide bonds. The summed E-state index contributed by atoms with van der Waals surface area (Å²) in [5.74, 6) is -0.305. The second kappa shape index (κ2) is 10.2. The van der Waals surface area contributed by atoms with Gasteiger partial charge in [-0.25, -0.2) is 0 Å². The van der Waals surface area contributed by atoms with Gasteiger partial charge in [0.25, 0.3) is 11.6 Å².